The van der Waals surface area contributed by atoms with Crippen LogP contribution >= 0.6 is 0 Å². The number of benzene rings is 4. The Balaban J connectivity index is 0.000000152. The van der Waals surface area contributed by atoms with Crippen molar-refractivity contribution in [2.75, 3.05) is 0 Å². The minimum absolute atomic E-state index is 0.606. The molecule has 4 aromatic carbocycles. The second kappa shape index (κ2) is 8.95. The molecule has 0 atom stereocenters. The summed E-state index contributed by atoms with van der Waals surface area (Å²) < 4.78 is 0. The van der Waals surface area contributed by atoms with Crippen molar-refractivity contribution in [2.24, 2.45) is 11.5 Å². The van der Waals surface area contributed by atoms with E-state index in [-0.39, 0.29) is 0 Å². The number of hydrogen-bond donors (Lipinski definition) is 2. The Bertz CT molecular complexity index is 939. The van der Waals surface area contributed by atoms with Crippen LogP contribution in [0.2, 0.25) is 0 Å². The molecule has 26 heavy (non-hydrogen) atoms. The summed E-state index contributed by atoms with van der Waals surface area (Å²) >= 11 is 0. The van der Waals surface area contributed by atoms with Crippen molar-refractivity contribution in [3.8, 4) is 11.1 Å². The first-order chi connectivity index (χ1) is 12.8. The zero-order valence-electron chi connectivity index (χ0n) is 14.8. The summed E-state index contributed by atoms with van der Waals surface area (Å²) in [4.78, 5) is 0. The van der Waals surface area contributed by atoms with Crippen molar-refractivity contribution in [1.82, 2.24) is 0 Å². The fourth-order valence-corrected chi connectivity index (χ4v) is 2.93. The van der Waals surface area contributed by atoms with E-state index < -0.39 is 0 Å². The van der Waals surface area contributed by atoms with Gasteiger partial charge in [-0.2, -0.15) is 0 Å². The van der Waals surface area contributed by atoms with Gasteiger partial charge in [0.15, 0.2) is 0 Å². The summed E-state index contributed by atoms with van der Waals surface area (Å²) in [5, 5.41) is 2.53. The maximum Gasteiger partial charge on any atom is 0.0184 e. The van der Waals surface area contributed by atoms with Gasteiger partial charge < -0.3 is 11.5 Å². The highest BCUT2D eigenvalue weighted by atomic mass is 14.5. The van der Waals surface area contributed by atoms with E-state index in [2.05, 4.69) is 60.7 Å². The molecule has 0 amide bonds. The van der Waals surface area contributed by atoms with Crippen molar-refractivity contribution >= 4 is 10.8 Å². The van der Waals surface area contributed by atoms with Gasteiger partial charge in [-0.1, -0.05) is 97.1 Å². The molecule has 4 N–H and O–H groups in total. The summed E-state index contributed by atoms with van der Waals surface area (Å²) in [5.41, 5.74) is 16.0. The van der Waals surface area contributed by atoms with Gasteiger partial charge in [-0.3, -0.25) is 0 Å². The Kier molecular flexibility index (Phi) is 6.15. The van der Waals surface area contributed by atoms with Crippen LogP contribution in [0.15, 0.2) is 97.1 Å². The molecule has 0 bridgehead atoms. The lowest BCUT2D eigenvalue weighted by Gasteiger charge is -2.02. The number of hydrogen-bond acceptors (Lipinski definition) is 2. The van der Waals surface area contributed by atoms with Gasteiger partial charge in [0.25, 0.3) is 0 Å². The second-order valence-electron chi connectivity index (χ2n) is 6.11. The predicted molar refractivity (Wildman–Crippen MR) is 112 cm³/mol. The van der Waals surface area contributed by atoms with E-state index in [1.165, 1.54) is 33.0 Å². The molecule has 0 spiro atoms. The highest BCUT2D eigenvalue weighted by molar-refractivity contribution is 5.85. The van der Waals surface area contributed by atoms with Crippen molar-refractivity contribution in [3.05, 3.63) is 108 Å². The molecule has 0 unspecified atom stereocenters. The third kappa shape index (κ3) is 4.37. The largest absolute Gasteiger partial charge is 0.326 e. The Morgan fingerprint density at radius 1 is 0.500 bits per heavy atom. The average molecular weight is 340 g/mol. The molecule has 4 rings (SSSR count). The molecule has 0 aliphatic heterocycles. The zero-order chi connectivity index (χ0) is 18.2. The van der Waals surface area contributed by atoms with Crippen molar-refractivity contribution < 1.29 is 0 Å². The molecule has 0 saturated carbocycles. The van der Waals surface area contributed by atoms with Gasteiger partial charge in [-0.05, 0) is 33.0 Å². The van der Waals surface area contributed by atoms with Gasteiger partial charge in [0.1, 0.15) is 0 Å². The van der Waals surface area contributed by atoms with Crippen LogP contribution in [-0.2, 0) is 13.1 Å². The van der Waals surface area contributed by atoms with Crippen LogP contribution in [0.1, 0.15) is 11.1 Å². The van der Waals surface area contributed by atoms with Crippen molar-refractivity contribution in [1.29, 1.82) is 0 Å². The quantitative estimate of drug-likeness (QED) is 0.544. The van der Waals surface area contributed by atoms with Gasteiger partial charge >= 0.3 is 0 Å². The molecule has 0 saturated heterocycles. The van der Waals surface area contributed by atoms with E-state index in [0.29, 0.717) is 13.1 Å². The van der Waals surface area contributed by atoms with Crippen LogP contribution in [-0.4, -0.2) is 0 Å². The molecule has 0 radical (unpaired) electrons. The zero-order valence-corrected chi connectivity index (χ0v) is 14.8. The lowest BCUT2D eigenvalue weighted by Crippen LogP contribution is -1.96. The molecule has 0 aliphatic carbocycles. The van der Waals surface area contributed by atoms with Gasteiger partial charge in [-0.15, -0.1) is 0 Å². The summed E-state index contributed by atoms with van der Waals surface area (Å²) in [5.74, 6) is 0. The Labute approximate surface area is 155 Å². The standard InChI is InChI=1S/C13H13N.C11H11N/c14-10-11-6-8-13(9-7-11)12-4-2-1-3-5-12;12-8-10-6-3-5-9-4-1-2-7-11(9)10/h1-9H,10,14H2;1-7H,8,12H2. The normalized spacial score (nSPS) is 10.2. The molecule has 130 valence electrons. The molecule has 0 fully saturated rings. The SMILES string of the molecule is NCc1ccc(-c2ccccc2)cc1.NCc1cccc2ccccc12. The summed E-state index contributed by atoms with van der Waals surface area (Å²) in [7, 11) is 0. The molecule has 2 nitrogen and oxygen atoms in total. The molecule has 0 heterocycles. The average Bonchev–Trinajstić information content (AvgIpc) is 2.74. The second-order valence-corrected chi connectivity index (χ2v) is 6.11. The van der Waals surface area contributed by atoms with Crippen molar-refractivity contribution in [3.63, 3.8) is 0 Å². The van der Waals surface area contributed by atoms with Gasteiger partial charge in [0, 0.05) is 13.1 Å². The van der Waals surface area contributed by atoms with Crippen LogP contribution < -0.4 is 11.5 Å². The summed E-state index contributed by atoms with van der Waals surface area (Å²) in [6, 6.07) is 33.2. The fraction of sp³-hybridized carbons (Fsp3) is 0.0833. The maximum atomic E-state index is 5.62. The first-order valence-electron chi connectivity index (χ1n) is 8.83. The van der Waals surface area contributed by atoms with E-state index in [4.69, 9.17) is 11.5 Å². The number of nitrogens with two attached hydrogens (primary N) is 2. The van der Waals surface area contributed by atoms with Crippen LogP contribution in [0.5, 0.6) is 0 Å². The molecule has 2 heteroatoms. The summed E-state index contributed by atoms with van der Waals surface area (Å²) in [6.07, 6.45) is 0. The van der Waals surface area contributed by atoms with E-state index >= 15 is 0 Å². The number of fused-ring (bicyclic) bond motifs is 1. The minimum Gasteiger partial charge on any atom is -0.326 e. The highest BCUT2D eigenvalue weighted by Gasteiger charge is 1.96. The molecule has 0 aliphatic rings. The topological polar surface area (TPSA) is 52.0 Å². The van der Waals surface area contributed by atoms with Crippen LogP contribution in [0.3, 0.4) is 0 Å². The Morgan fingerprint density at radius 3 is 1.81 bits per heavy atom. The molecule has 0 aromatic heterocycles. The lowest BCUT2D eigenvalue weighted by molar-refractivity contribution is 1.07. The van der Waals surface area contributed by atoms with Gasteiger partial charge in [-0.25, -0.2) is 0 Å². The third-order valence-electron chi connectivity index (χ3n) is 4.40. The summed E-state index contributed by atoms with van der Waals surface area (Å²) in [6.45, 7) is 1.22. The number of rotatable bonds is 3. The smallest absolute Gasteiger partial charge is 0.0184 e. The van der Waals surface area contributed by atoms with Crippen molar-refractivity contribution in [2.45, 2.75) is 13.1 Å². The van der Waals surface area contributed by atoms with Gasteiger partial charge in [0.05, 0.1) is 0 Å². The van der Waals surface area contributed by atoms with Gasteiger partial charge in [0.2, 0.25) is 0 Å². The van der Waals surface area contributed by atoms with Crippen LogP contribution in [0.25, 0.3) is 21.9 Å². The Morgan fingerprint density at radius 2 is 1.12 bits per heavy atom. The highest BCUT2D eigenvalue weighted by Crippen LogP contribution is 2.19. The molecular weight excluding hydrogens is 316 g/mol. The Hall–Kier alpha value is -2.94. The van der Waals surface area contributed by atoms with E-state index in [1.54, 1.807) is 0 Å². The molecular formula is C24H24N2. The van der Waals surface area contributed by atoms with E-state index in [9.17, 15) is 0 Å². The monoisotopic (exact) mass is 340 g/mol. The molecule has 4 aromatic rings. The van der Waals surface area contributed by atoms with Crippen LogP contribution in [0.4, 0.5) is 0 Å². The van der Waals surface area contributed by atoms with Crippen LogP contribution in [0, 0.1) is 0 Å². The van der Waals surface area contributed by atoms with E-state index in [1.807, 2.05) is 36.4 Å². The third-order valence-corrected chi connectivity index (χ3v) is 4.40. The first-order valence-corrected chi connectivity index (χ1v) is 8.83. The fourth-order valence-electron chi connectivity index (χ4n) is 2.93. The lowest BCUT2D eigenvalue weighted by atomic mass is 10.0. The van der Waals surface area contributed by atoms with E-state index in [0.717, 1.165) is 0 Å². The maximum absolute atomic E-state index is 5.62. The minimum atomic E-state index is 0.606. The predicted octanol–water partition coefficient (Wildman–Crippen LogP) is 5.11. The first kappa shape index (κ1) is 17.9.